The number of nitrogens with zero attached hydrogens (tertiary/aromatic N) is 3. The molecule has 1 aliphatic rings. The van der Waals surface area contributed by atoms with Gasteiger partial charge in [-0.05, 0) is 67.3 Å². The average Bonchev–Trinajstić information content (AvgIpc) is 3.20. The van der Waals surface area contributed by atoms with Crippen molar-refractivity contribution in [2.24, 2.45) is 5.92 Å². The summed E-state index contributed by atoms with van der Waals surface area (Å²) in [6.07, 6.45) is 1.46. The minimum absolute atomic E-state index is 0.0211. The number of amides is 1. The van der Waals surface area contributed by atoms with Crippen LogP contribution < -0.4 is 10.2 Å². The highest BCUT2D eigenvalue weighted by Gasteiger charge is 2.28. The number of rotatable bonds is 5. The van der Waals surface area contributed by atoms with E-state index in [4.69, 9.17) is 16.6 Å². The second kappa shape index (κ2) is 9.47. The fourth-order valence-electron chi connectivity index (χ4n) is 4.53. The normalized spacial score (nSPS) is 14.5. The topological polar surface area (TPSA) is 50.2 Å². The van der Waals surface area contributed by atoms with Gasteiger partial charge >= 0.3 is 0 Å². The number of carbonyl (C=O) groups excluding carboxylic acids is 1. The largest absolute Gasteiger partial charge is 0.342 e. The molecule has 0 radical (unpaired) electrons. The lowest BCUT2D eigenvalue weighted by Crippen LogP contribution is -2.39. The number of aromatic nitrogens is 2. The van der Waals surface area contributed by atoms with E-state index in [0.29, 0.717) is 11.6 Å². The standard InChI is InChI=1S/C27H26ClFN4O/c1-18-9-10-22(16-23(18)28)30-26(34)20-11-13-32(14-12-20)27-31-24-7-2-3-8-25(24)33(27)17-19-5-4-6-21(29)15-19/h2-10,15-16,20H,11-14,17H2,1H3,(H,30,34). The fourth-order valence-corrected chi connectivity index (χ4v) is 4.72. The van der Waals surface area contributed by atoms with Gasteiger partial charge in [0.15, 0.2) is 0 Å². The van der Waals surface area contributed by atoms with Crippen LogP contribution in [0.1, 0.15) is 24.0 Å². The monoisotopic (exact) mass is 476 g/mol. The number of anilines is 2. The summed E-state index contributed by atoms with van der Waals surface area (Å²) >= 11 is 6.20. The summed E-state index contributed by atoms with van der Waals surface area (Å²) < 4.78 is 15.9. The average molecular weight is 477 g/mol. The van der Waals surface area contributed by atoms with Gasteiger partial charge in [0.1, 0.15) is 5.82 Å². The van der Waals surface area contributed by atoms with Gasteiger partial charge in [-0.25, -0.2) is 9.37 Å². The first-order chi connectivity index (χ1) is 16.5. The van der Waals surface area contributed by atoms with Crippen LogP contribution in [0.3, 0.4) is 0 Å². The molecular weight excluding hydrogens is 451 g/mol. The van der Waals surface area contributed by atoms with E-state index >= 15 is 0 Å². The van der Waals surface area contributed by atoms with Gasteiger partial charge in [0, 0.05) is 29.7 Å². The molecule has 1 aliphatic heterocycles. The lowest BCUT2D eigenvalue weighted by atomic mass is 9.96. The Morgan fingerprint density at radius 3 is 2.65 bits per heavy atom. The van der Waals surface area contributed by atoms with Crippen LogP contribution in [-0.4, -0.2) is 28.5 Å². The molecule has 1 amide bonds. The molecule has 1 aromatic heterocycles. The Labute approximate surface area is 203 Å². The molecule has 5 rings (SSSR count). The van der Waals surface area contributed by atoms with Crippen molar-refractivity contribution in [2.45, 2.75) is 26.3 Å². The third-order valence-electron chi connectivity index (χ3n) is 6.45. The highest BCUT2D eigenvalue weighted by Crippen LogP contribution is 2.29. The van der Waals surface area contributed by atoms with Crippen molar-refractivity contribution in [1.29, 1.82) is 0 Å². The summed E-state index contributed by atoms with van der Waals surface area (Å²) in [5.74, 6) is 0.560. The number of imidazole rings is 1. The molecule has 0 saturated carbocycles. The zero-order chi connectivity index (χ0) is 23.7. The summed E-state index contributed by atoms with van der Waals surface area (Å²) in [6, 6.07) is 20.2. The number of carbonyl (C=O) groups is 1. The number of para-hydroxylation sites is 2. The Morgan fingerprint density at radius 2 is 1.88 bits per heavy atom. The molecule has 0 bridgehead atoms. The minimum Gasteiger partial charge on any atom is -0.342 e. The quantitative estimate of drug-likeness (QED) is 0.382. The number of hydrogen-bond acceptors (Lipinski definition) is 3. The van der Waals surface area contributed by atoms with Crippen LogP contribution in [0.2, 0.25) is 5.02 Å². The van der Waals surface area contributed by atoms with E-state index in [1.165, 1.54) is 6.07 Å². The number of aryl methyl sites for hydroxylation is 1. The molecule has 1 fully saturated rings. The first kappa shape index (κ1) is 22.4. The highest BCUT2D eigenvalue weighted by molar-refractivity contribution is 6.31. The molecule has 0 spiro atoms. The fraction of sp³-hybridized carbons (Fsp3) is 0.259. The van der Waals surface area contributed by atoms with Crippen molar-refractivity contribution in [3.63, 3.8) is 0 Å². The minimum atomic E-state index is -0.245. The Morgan fingerprint density at radius 1 is 1.09 bits per heavy atom. The van der Waals surface area contributed by atoms with Gasteiger partial charge < -0.3 is 14.8 Å². The van der Waals surface area contributed by atoms with Crippen molar-refractivity contribution in [1.82, 2.24) is 9.55 Å². The Bertz CT molecular complexity index is 1340. The molecule has 7 heteroatoms. The van der Waals surface area contributed by atoms with Crippen LogP contribution in [0.25, 0.3) is 11.0 Å². The third kappa shape index (κ3) is 4.64. The van der Waals surface area contributed by atoms with Gasteiger partial charge in [0.25, 0.3) is 0 Å². The SMILES string of the molecule is Cc1ccc(NC(=O)C2CCN(c3nc4ccccc4n3Cc3cccc(F)c3)CC2)cc1Cl. The van der Waals surface area contributed by atoms with Gasteiger partial charge in [-0.2, -0.15) is 0 Å². The molecule has 4 aromatic rings. The smallest absolute Gasteiger partial charge is 0.227 e. The Balaban J connectivity index is 1.32. The summed E-state index contributed by atoms with van der Waals surface area (Å²) in [5.41, 5.74) is 4.51. The van der Waals surface area contributed by atoms with E-state index in [2.05, 4.69) is 14.8 Å². The van der Waals surface area contributed by atoms with Crippen molar-refractivity contribution in [3.8, 4) is 0 Å². The zero-order valence-corrected chi connectivity index (χ0v) is 19.7. The van der Waals surface area contributed by atoms with Crippen LogP contribution in [0.4, 0.5) is 16.0 Å². The number of benzene rings is 3. The number of nitrogens with one attached hydrogen (secondary N) is 1. The van der Waals surface area contributed by atoms with E-state index in [1.54, 1.807) is 18.2 Å². The maximum atomic E-state index is 13.8. The summed E-state index contributed by atoms with van der Waals surface area (Å²) in [5, 5.41) is 3.65. The van der Waals surface area contributed by atoms with E-state index in [9.17, 15) is 9.18 Å². The zero-order valence-electron chi connectivity index (χ0n) is 19.0. The molecule has 174 valence electrons. The van der Waals surface area contributed by atoms with Crippen LogP contribution in [0.15, 0.2) is 66.7 Å². The number of halogens is 2. The van der Waals surface area contributed by atoms with Gasteiger partial charge in [-0.3, -0.25) is 4.79 Å². The van der Waals surface area contributed by atoms with Crippen LogP contribution in [-0.2, 0) is 11.3 Å². The second-order valence-corrected chi connectivity index (χ2v) is 9.24. The van der Waals surface area contributed by atoms with Crippen molar-refractivity contribution in [2.75, 3.05) is 23.3 Å². The Kier molecular flexibility index (Phi) is 6.24. The lowest BCUT2D eigenvalue weighted by Gasteiger charge is -2.32. The second-order valence-electron chi connectivity index (χ2n) is 8.83. The molecule has 2 heterocycles. The Hall–Kier alpha value is -3.38. The number of piperidine rings is 1. The highest BCUT2D eigenvalue weighted by atomic mass is 35.5. The predicted octanol–water partition coefficient (Wildman–Crippen LogP) is 6.04. The van der Waals surface area contributed by atoms with Crippen molar-refractivity contribution < 1.29 is 9.18 Å². The summed E-state index contributed by atoms with van der Waals surface area (Å²) in [7, 11) is 0. The molecular formula is C27H26ClFN4O. The summed E-state index contributed by atoms with van der Waals surface area (Å²) in [4.78, 5) is 20.0. The maximum Gasteiger partial charge on any atom is 0.227 e. The van der Waals surface area contributed by atoms with Crippen LogP contribution >= 0.6 is 11.6 Å². The molecule has 0 atom stereocenters. The molecule has 5 nitrogen and oxygen atoms in total. The first-order valence-corrected chi connectivity index (χ1v) is 11.9. The summed E-state index contributed by atoms with van der Waals surface area (Å²) in [6.45, 7) is 3.91. The molecule has 0 aliphatic carbocycles. The molecule has 1 N–H and O–H groups in total. The third-order valence-corrected chi connectivity index (χ3v) is 6.86. The molecule has 3 aromatic carbocycles. The molecule has 34 heavy (non-hydrogen) atoms. The van der Waals surface area contributed by atoms with Gasteiger partial charge in [-0.15, -0.1) is 0 Å². The van der Waals surface area contributed by atoms with Crippen molar-refractivity contribution in [3.05, 3.63) is 88.7 Å². The predicted molar refractivity (Wildman–Crippen MR) is 135 cm³/mol. The van der Waals surface area contributed by atoms with Crippen LogP contribution in [0.5, 0.6) is 0 Å². The van der Waals surface area contributed by atoms with Gasteiger partial charge in [-0.1, -0.05) is 41.9 Å². The van der Waals surface area contributed by atoms with Gasteiger partial charge in [0.2, 0.25) is 11.9 Å². The van der Waals surface area contributed by atoms with E-state index < -0.39 is 0 Å². The number of hydrogen-bond donors (Lipinski definition) is 1. The van der Waals surface area contributed by atoms with Crippen molar-refractivity contribution >= 4 is 40.2 Å². The maximum absolute atomic E-state index is 13.8. The van der Waals surface area contributed by atoms with Gasteiger partial charge in [0.05, 0.1) is 17.6 Å². The lowest BCUT2D eigenvalue weighted by molar-refractivity contribution is -0.120. The van der Waals surface area contributed by atoms with Crippen LogP contribution in [0, 0.1) is 18.7 Å². The number of fused-ring (bicyclic) bond motifs is 1. The van der Waals surface area contributed by atoms with E-state index in [0.717, 1.165) is 59.7 Å². The van der Waals surface area contributed by atoms with E-state index in [-0.39, 0.29) is 17.6 Å². The first-order valence-electron chi connectivity index (χ1n) is 11.5. The van der Waals surface area contributed by atoms with E-state index in [1.807, 2.05) is 49.4 Å². The molecule has 0 unspecified atom stereocenters. The molecule has 1 saturated heterocycles.